The second-order valence-electron chi connectivity index (χ2n) is 3.24. The van der Waals surface area contributed by atoms with Crippen LogP contribution in [-0.4, -0.2) is 4.92 Å². The Balaban J connectivity index is 3.34. The maximum Gasteiger partial charge on any atom is 0.288 e. The Morgan fingerprint density at radius 2 is 1.86 bits per heavy atom. The van der Waals surface area contributed by atoms with Crippen LogP contribution < -0.4 is 0 Å². The maximum absolute atomic E-state index is 10.6. The summed E-state index contributed by atoms with van der Waals surface area (Å²) in [5.74, 6) is 0.137. The molecule has 76 valence electrons. The number of rotatable bonds is 2. The first-order chi connectivity index (χ1) is 6.43. The van der Waals surface area contributed by atoms with Crippen molar-refractivity contribution in [3.05, 3.63) is 37.9 Å². The van der Waals surface area contributed by atoms with Crippen LogP contribution in [0.3, 0.4) is 0 Å². The van der Waals surface area contributed by atoms with E-state index < -0.39 is 4.92 Å². The normalized spacial score (nSPS) is 10.6. The van der Waals surface area contributed by atoms with E-state index in [-0.39, 0.29) is 16.6 Å². The van der Waals surface area contributed by atoms with Gasteiger partial charge in [-0.15, -0.1) is 0 Å². The van der Waals surface area contributed by atoms with E-state index in [0.717, 1.165) is 5.56 Å². The van der Waals surface area contributed by atoms with E-state index in [1.54, 1.807) is 0 Å². The number of halogens is 2. The Hall–Kier alpha value is -0.800. The van der Waals surface area contributed by atoms with Crippen LogP contribution in [0.15, 0.2) is 12.1 Å². The van der Waals surface area contributed by atoms with Crippen molar-refractivity contribution in [2.45, 2.75) is 19.8 Å². The number of benzene rings is 1. The number of hydrogen-bond acceptors (Lipinski definition) is 2. The molecule has 0 bridgehead atoms. The highest BCUT2D eigenvalue weighted by molar-refractivity contribution is 6.36. The van der Waals surface area contributed by atoms with Gasteiger partial charge in [0, 0.05) is 11.1 Å². The van der Waals surface area contributed by atoms with Crippen LogP contribution >= 0.6 is 23.2 Å². The van der Waals surface area contributed by atoms with Crippen molar-refractivity contribution < 1.29 is 4.92 Å². The van der Waals surface area contributed by atoms with Gasteiger partial charge in [-0.05, 0) is 17.5 Å². The molecular weight excluding hydrogens is 225 g/mol. The Labute approximate surface area is 91.8 Å². The average Bonchev–Trinajstić information content (AvgIpc) is 2.02. The Morgan fingerprint density at radius 1 is 1.29 bits per heavy atom. The van der Waals surface area contributed by atoms with Crippen LogP contribution in [0.25, 0.3) is 0 Å². The SMILES string of the molecule is CC(C)c1cc([N+](=O)[O-])c(Cl)cc1Cl. The summed E-state index contributed by atoms with van der Waals surface area (Å²) in [5, 5.41) is 11.1. The van der Waals surface area contributed by atoms with Crippen LogP contribution in [-0.2, 0) is 0 Å². The van der Waals surface area contributed by atoms with E-state index in [1.165, 1.54) is 12.1 Å². The lowest BCUT2D eigenvalue weighted by atomic mass is 10.0. The Bertz CT molecular complexity index is 377. The summed E-state index contributed by atoms with van der Waals surface area (Å²) in [6.45, 7) is 3.83. The Morgan fingerprint density at radius 3 is 2.29 bits per heavy atom. The Kier molecular flexibility index (Phi) is 3.34. The molecule has 0 heterocycles. The van der Waals surface area contributed by atoms with Crippen molar-refractivity contribution in [1.82, 2.24) is 0 Å². The van der Waals surface area contributed by atoms with E-state index in [4.69, 9.17) is 23.2 Å². The molecule has 14 heavy (non-hydrogen) atoms. The smallest absolute Gasteiger partial charge is 0.258 e. The largest absolute Gasteiger partial charge is 0.288 e. The molecule has 0 N–H and O–H groups in total. The van der Waals surface area contributed by atoms with Crippen molar-refractivity contribution in [3.8, 4) is 0 Å². The third-order valence-electron chi connectivity index (χ3n) is 1.88. The number of hydrogen-bond donors (Lipinski definition) is 0. The predicted molar refractivity (Wildman–Crippen MR) is 57.2 cm³/mol. The zero-order valence-corrected chi connectivity index (χ0v) is 9.26. The lowest BCUT2D eigenvalue weighted by Gasteiger charge is -2.08. The van der Waals surface area contributed by atoms with E-state index in [2.05, 4.69) is 0 Å². The fraction of sp³-hybridized carbons (Fsp3) is 0.333. The number of nitro benzene ring substituents is 1. The molecule has 0 saturated carbocycles. The minimum absolute atomic E-state index is 0.0735. The van der Waals surface area contributed by atoms with Crippen molar-refractivity contribution in [3.63, 3.8) is 0 Å². The van der Waals surface area contributed by atoms with Crippen molar-refractivity contribution in [2.75, 3.05) is 0 Å². The summed E-state index contributed by atoms with van der Waals surface area (Å²) in [6, 6.07) is 2.84. The molecule has 0 atom stereocenters. The third-order valence-corrected chi connectivity index (χ3v) is 2.51. The molecule has 0 aliphatic heterocycles. The second kappa shape index (κ2) is 4.15. The fourth-order valence-electron chi connectivity index (χ4n) is 1.14. The zero-order chi connectivity index (χ0) is 10.9. The summed E-state index contributed by atoms with van der Waals surface area (Å²) in [6.07, 6.45) is 0. The predicted octanol–water partition coefficient (Wildman–Crippen LogP) is 4.03. The molecule has 0 unspecified atom stereocenters. The summed E-state index contributed by atoms with van der Waals surface area (Å²) >= 11 is 11.6. The summed E-state index contributed by atoms with van der Waals surface area (Å²) in [7, 11) is 0. The van der Waals surface area contributed by atoms with Gasteiger partial charge in [-0.3, -0.25) is 10.1 Å². The minimum Gasteiger partial charge on any atom is -0.258 e. The molecule has 3 nitrogen and oxygen atoms in total. The molecule has 0 amide bonds. The lowest BCUT2D eigenvalue weighted by Crippen LogP contribution is -1.94. The average molecular weight is 234 g/mol. The van der Waals surface area contributed by atoms with Crippen LogP contribution in [0.4, 0.5) is 5.69 Å². The van der Waals surface area contributed by atoms with Crippen LogP contribution in [0.5, 0.6) is 0 Å². The fourth-order valence-corrected chi connectivity index (χ4v) is 1.81. The van der Waals surface area contributed by atoms with E-state index in [1.807, 2.05) is 13.8 Å². The van der Waals surface area contributed by atoms with Crippen LogP contribution in [0, 0.1) is 10.1 Å². The highest BCUT2D eigenvalue weighted by atomic mass is 35.5. The molecule has 1 aromatic rings. The molecular formula is C9H9Cl2NO2. The van der Waals surface area contributed by atoms with Gasteiger partial charge in [0.05, 0.1) is 4.92 Å². The van der Waals surface area contributed by atoms with E-state index >= 15 is 0 Å². The van der Waals surface area contributed by atoms with Gasteiger partial charge in [0.25, 0.3) is 5.69 Å². The molecule has 1 aromatic carbocycles. The van der Waals surface area contributed by atoms with Crippen molar-refractivity contribution in [2.24, 2.45) is 0 Å². The first-order valence-corrected chi connectivity index (χ1v) is 4.82. The minimum atomic E-state index is -0.509. The lowest BCUT2D eigenvalue weighted by molar-refractivity contribution is -0.384. The molecule has 5 heteroatoms. The standard InChI is InChI=1S/C9H9Cl2NO2/c1-5(2)6-3-9(12(13)14)8(11)4-7(6)10/h3-5H,1-2H3. The van der Waals surface area contributed by atoms with Gasteiger partial charge in [-0.25, -0.2) is 0 Å². The maximum atomic E-state index is 10.6. The van der Waals surface area contributed by atoms with E-state index in [0.29, 0.717) is 5.02 Å². The van der Waals surface area contributed by atoms with E-state index in [9.17, 15) is 10.1 Å². The monoisotopic (exact) mass is 233 g/mol. The molecule has 0 radical (unpaired) electrons. The molecule has 0 aromatic heterocycles. The number of nitro groups is 1. The van der Waals surface area contributed by atoms with Crippen molar-refractivity contribution >= 4 is 28.9 Å². The zero-order valence-electron chi connectivity index (χ0n) is 7.75. The first kappa shape index (κ1) is 11.3. The summed E-state index contributed by atoms with van der Waals surface area (Å²) < 4.78 is 0. The second-order valence-corrected chi connectivity index (χ2v) is 4.05. The van der Waals surface area contributed by atoms with Gasteiger partial charge in [-0.1, -0.05) is 37.0 Å². The van der Waals surface area contributed by atoms with Crippen LogP contribution in [0.2, 0.25) is 10.0 Å². The van der Waals surface area contributed by atoms with Crippen molar-refractivity contribution in [1.29, 1.82) is 0 Å². The summed E-state index contributed by atoms with van der Waals surface area (Å²) in [4.78, 5) is 10.1. The molecule has 1 rings (SSSR count). The molecule has 0 aliphatic carbocycles. The van der Waals surface area contributed by atoms with Gasteiger partial charge in [0.2, 0.25) is 0 Å². The third kappa shape index (κ3) is 2.16. The van der Waals surface area contributed by atoms with Gasteiger partial charge in [-0.2, -0.15) is 0 Å². The summed E-state index contributed by atoms with van der Waals surface area (Å²) in [5.41, 5.74) is 0.641. The first-order valence-electron chi connectivity index (χ1n) is 4.06. The van der Waals surface area contributed by atoms with Gasteiger partial charge in [0.1, 0.15) is 5.02 Å². The molecule has 0 aliphatic rings. The molecule has 0 spiro atoms. The van der Waals surface area contributed by atoms with Gasteiger partial charge >= 0.3 is 0 Å². The molecule has 0 fully saturated rings. The molecule has 0 saturated heterocycles. The number of nitrogens with zero attached hydrogens (tertiary/aromatic N) is 1. The van der Waals surface area contributed by atoms with Gasteiger partial charge in [0.15, 0.2) is 0 Å². The highest BCUT2D eigenvalue weighted by Gasteiger charge is 2.17. The quantitative estimate of drug-likeness (QED) is 0.572. The topological polar surface area (TPSA) is 43.1 Å². The van der Waals surface area contributed by atoms with Crippen LogP contribution in [0.1, 0.15) is 25.3 Å². The highest BCUT2D eigenvalue weighted by Crippen LogP contribution is 2.34. The van der Waals surface area contributed by atoms with Gasteiger partial charge < -0.3 is 0 Å².